The van der Waals surface area contributed by atoms with Crippen LogP contribution in [0.2, 0.25) is 0 Å². The summed E-state index contributed by atoms with van der Waals surface area (Å²) in [6.07, 6.45) is 3.23. The number of carbonyl (C=O) groups is 1. The molecule has 2 unspecified atom stereocenters. The fourth-order valence-electron chi connectivity index (χ4n) is 2.56. The molecule has 0 aromatic carbocycles. The molecule has 2 rings (SSSR count). The van der Waals surface area contributed by atoms with Crippen LogP contribution >= 0.6 is 11.3 Å². The largest absolute Gasteiger partial charge is 0.323 e. The highest BCUT2D eigenvalue weighted by atomic mass is 32.1. The maximum Gasteiger partial charge on any atom is 0.229 e. The van der Waals surface area contributed by atoms with E-state index in [1.165, 1.54) is 11.3 Å². The minimum atomic E-state index is -0.0881. The Labute approximate surface area is 112 Å². The summed E-state index contributed by atoms with van der Waals surface area (Å²) < 4.78 is 0. The van der Waals surface area contributed by atoms with Gasteiger partial charge in [-0.25, -0.2) is 4.98 Å². The Hall–Kier alpha value is -0.940. The number of amides is 1. The van der Waals surface area contributed by atoms with E-state index in [1.807, 2.05) is 12.3 Å². The minimum Gasteiger partial charge on any atom is -0.323 e. The van der Waals surface area contributed by atoms with Crippen molar-refractivity contribution < 1.29 is 4.79 Å². The van der Waals surface area contributed by atoms with E-state index in [-0.39, 0.29) is 23.3 Å². The number of hydrogen-bond donors (Lipinski definition) is 2. The normalized spacial score (nSPS) is 23.9. The Morgan fingerprint density at radius 2 is 2.39 bits per heavy atom. The second-order valence-corrected chi connectivity index (χ2v) is 6.65. The second-order valence-electron chi connectivity index (χ2n) is 5.79. The van der Waals surface area contributed by atoms with Gasteiger partial charge in [-0.3, -0.25) is 4.79 Å². The molecule has 1 aliphatic carbocycles. The highest BCUT2D eigenvalue weighted by molar-refractivity contribution is 7.13. The van der Waals surface area contributed by atoms with Crippen LogP contribution in [0.5, 0.6) is 0 Å². The summed E-state index contributed by atoms with van der Waals surface area (Å²) >= 11 is 1.44. The Balaban J connectivity index is 2.02. The molecule has 2 atom stereocenters. The maximum atomic E-state index is 12.2. The molecule has 3 N–H and O–H groups in total. The number of carbonyl (C=O) groups excluding carboxylic acids is 1. The monoisotopic (exact) mass is 267 g/mol. The zero-order valence-corrected chi connectivity index (χ0v) is 12.0. The fraction of sp³-hybridized carbons (Fsp3) is 0.692. The van der Waals surface area contributed by atoms with E-state index in [4.69, 9.17) is 5.73 Å². The molecule has 1 aromatic rings. The highest BCUT2D eigenvalue weighted by Crippen LogP contribution is 2.43. The fourth-order valence-corrected chi connectivity index (χ4v) is 3.38. The van der Waals surface area contributed by atoms with E-state index in [0.717, 1.165) is 25.0 Å². The molecule has 100 valence electrons. The van der Waals surface area contributed by atoms with Gasteiger partial charge in [0.1, 0.15) is 0 Å². The lowest BCUT2D eigenvalue weighted by molar-refractivity contribution is -0.122. The van der Waals surface area contributed by atoms with Crippen molar-refractivity contribution >= 4 is 22.4 Å². The van der Waals surface area contributed by atoms with E-state index in [1.54, 1.807) is 0 Å². The smallest absolute Gasteiger partial charge is 0.229 e. The zero-order valence-electron chi connectivity index (χ0n) is 11.2. The average Bonchev–Trinajstić information content (AvgIpc) is 2.84. The highest BCUT2D eigenvalue weighted by Gasteiger charge is 2.39. The summed E-state index contributed by atoms with van der Waals surface area (Å²) in [4.78, 5) is 16.6. The van der Waals surface area contributed by atoms with Crippen molar-refractivity contribution in [3.8, 4) is 0 Å². The molecule has 0 radical (unpaired) electrons. The van der Waals surface area contributed by atoms with E-state index >= 15 is 0 Å². The van der Waals surface area contributed by atoms with Gasteiger partial charge in [0.05, 0.1) is 5.69 Å². The molecule has 5 heteroatoms. The van der Waals surface area contributed by atoms with Gasteiger partial charge in [0.25, 0.3) is 0 Å². The van der Waals surface area contributed by atoms with Gasteiger partial charge < -0.3 is 11.1 Å². The summed E-state index contributed by atoms with van der Waals surface area (Å²) in [7, 11) is 0. The Morgan fingerprint density at radius 3 is 2.89 bits per heavy atom. The van der Waals surface area contributed by atoms with E-state index < -0.39 is 0 Å². The molecule has 18 heavy (non-hydrogen) atoms. The van der Waals surface area contributed by atoms with E-state index in [9.17, 15) is 4.79 Å². The van der Waals surface area contributed by atoms with Crippen LogP contribution in [0.3, 0.4) is 0 Å². The standard InChI is InChI=1S/C13H21N3OS/c1-8(14)10-7-18-12(15-10)16-11(17)9-5-4-6-13(9,2)3/h7-9H,4-6,14H2,1-3H3,(H,15,16,17). The van der Waals surface area contributed by atoms with Crippen LogP contribution in [0.15, 0.2) is 5.38 Å². The van der Waals surface area contributed by atoms with Crippen LogP contribution in [0.4, 0.5) is 5.13 Å². The van der Waals surface area contributed by atoms with Crippen molar-refractivity contribution in [1.29, 1.82) is 0 Å². The summed E-state index contributed by atoms with van der Waals surface area (Å²) in [6.45, 7) is 6.22. The van der Waals surface area contributed by atoms with Gasteiger partial charge in [-0.2, -0.15) is 0 Å². The predicted molar refractivity (Wildman–Crippen MR) is 74.5 cm³/mol. The van der Waals surface area contributed by atoms with Gasteiger partial charge in [-0.05, 0) is 25.2 Å². The molecular formula is C13H21N3OS. The van der Waals surface area contributed by atoms with Crippen LogP contribution in [-0.4, -0.2) is 10.9 Å². The Bertz CT molecular complexity index is 439. The van der Waals surface area contributed by atoms with Crippen LogP contribution in [-0.2, 0) is 4.79 Å². The Morgan fingerprint density at radius 1 is 1.67 bits per heavy atom. The first-order valence-electron chi connectivity index (χ1n) is 6.42. The maximum absolute atomic E-state index is 12.2. The molecule has 0 bridgehead atoms. The topological polar surface area (TPSA) is 68.0 Å². The van der Waals surface area contributed by atoms with E-state index in [2.05, 4.69) is 24.1 Å². The Kier molecular flexibility index (Phi) is 3.73. The van der Waals surface area contributed by atoms with Crippen LogP contribution in [0.1, 0.15) is 51.8 Å². The van der Waals surface area contributed by atoms with Crippen molar-refractivity contribution in [2.45, 2.75) is 46.1 Å². The van der Waals surface area contributed by atoms with Crippen molar-refractivity contribution in [1.82, 2.24) is 4.98 Å². The van der Waals surface area contributed by atoms with Crippen LogP contribution in [0, 0.1) is 11.3 Å². The summed E-state index contributed by atoms with van der Waals surface area (Å²) in [5, 5.41) is 5.49. The number of anilines is 1. The lowest BCUT2D eigenvalue weighted by Crippen LogP contribution is -2.30. The lowest BCUT2D eigenvalue weighted by atomic mass is 9.81. The van der Waals surface area contributed by atoms with E-state index in [0.29, 0.717) is 5.13 Å². The molecule has 0 spiro atoms. The van der Waals surface area contributed by atoms with Crippen LogP contribution < -0.4 is 11.1 Å². The molecule has 1 fully saturated rings. The molecule has 1 heterocycles. The van der Waals surface area contributed by atoms with Crippen molar-refractivity contribution in [2.75, 3.05) is 5.32 Å². The molecule has 1 aliphatic rings. The second kappa shape index (κ2) is 4.97. The molecule has 1 amide bonds. The molecule has 4 nitrogen and oxygen atoms in total. The first-order chi connectivity index (χ1) is 8.40. The molecule has 1 aromatic heterocycles. The number of thiazole rings is 1. The number of nitrogens with one attached hydrogen (secondary N) is 1. The molecule has 0 aliphatic heterocycles. The van der Waals surface area contributed by atoms with Gasteiger partial charge >= 0.3 is 0 Å². The average molecular weight is 267 g/mol. The molecule has 0 saturated heterocycles. The lowest BCUT2D eigenvalue weighted by Gasteiger charge is -2.25. The van der Waals surface area contributed by atoms with Crippen molar-refractivity contribution in [3.63, 3.8) is 0 Å². The predicted octanol–water partition coefficient (Wildman–Crippen LogP) is 2.93. The first-order valence-corrected chi connectivity index (χ1v) is 7.30. The van der Waals surface area contributed by atoms with Gasteiger partial charge in [-0.1, -0.05) is 20.3 Å². The molecule has 1 saturated carbocycles. The number of nitrogens with zero attached hydrogens (tertiary/aromatic N) is 1. The minimum absolute atomic E-state index is 0.0881. The summed E-state index contributed by atoms with van der Waals surface area (Å²) in [5.41, 5.74) is 6.69. The first kappa shape index (κ1) is 13.5. The number of rotatable bonds is 3. The van der Waals surface area contributed by atoms with Crippen LogP contribution in [0.25, 0.3) is 0 Å². The van der Waals surface area contributed by atoms with Gasteiger partial charge in [-0.15, -0.1) is 11.3 Å². The molecular weight excluding hydrogens is 246 g/mol. The zero-order chi connectivity index (χ0) is 13.3. The third kappa shape index (κ3) is 2.72. The van der Waals surface area contributed by atoms with Gasteiger partial charge in [0.2, 0.25) is 5.91 Å². The van der Waals surface area contributed by atoms with Crippen molar-refractivity contribution in [3.05, 3.63) is 11.1 Å². The summed E-state index contributed by atoms with van der Waals surface area (Å²) in [6, 6.07) is -0.0881. The number of hydrogen-bond acceptors (Lipinski definition) is 4. The third-order valence-corrected chi connectivity index (χ3v) is 4.57. The van der Waals surface area contributed by atoms with Crippen molar-refractivity contribution in [2.24, 2.45) is 17.1 Å². The van der Waals surface area contributed by atoms with Gasteiger partial charge in [0.15, 0.2) is 5.13 Å². The number of aromatic nitrogens is 1. The summed E-state index contributed by atoms with van der Waals surface area (Å²) in [5.74, 6) is 0.197. The SMILES string of the molecule is CC(N)c1csc(NC(=O)C2CCCC2(C)C)n1. The third-order valence-electron chi connectivity index (χ3n) is 3.79. The van der Waals surface area contributed by atoms with Gasteiger partial charge in [0, 0.05) is 17.3 Å². The number of nitrogens with two attached hydrogens (primary N) is 1. The quantitative estimate of drug-likeness (QED) is 0.884.